The van der Waals surface area contributed by atoms with E-state index in [2.05, 4.69) is 46.9 Å². The van der Waals surface area contributed by atoms with Gasteiger partial charge in [-0.25, -0.2) is 14.8 Å². The molecule has 0 spiro atoms. The summed E-state index contributed by atoms with van der Waals surface area (Å²) in [5, 5.41) is 25.0. The molecule has 0 atom stereocenters. The third kappa shape index (κ3) is 9.32. The molecular weight excluding hydrogens is 718 g/mol. The van der Waals surface area contributed by atoms with Gasteiger partial charge in [-0.1, -0.05) is 0 Å². The van der Waals surface area contributed by atoms with E-state index in [0.717, 1.165) is 0 Å². The van der Waals surface area contributed by atoms with Crippen molar-refractivity contribution in [3.05, 3.63) is 83.5 Å². The molecule has 5 aromatic heterocycles. The van der Waals surface area contributed by atoms with Crippen LogP contribution in [0, 0.1) is 6.92 Å². The summed E-state index contributed by atoms with van der Waals surface area (Å²) >= 11 is 0. The number of aromatic nitrogens is 7. The fourth-order valence-electron chi connectivity index (χ4n) is 5.41. The smallest absolute Gasteiger partial charge is 0.352 e. The molecule has 8 N–H and O–H groups in total. The van der Waals surface area contributed by atoms with E-state index in [0.29, 0.717) is 16.9 Å². The van der Waals surface area contributed by atoms with Crippen LogP contribution in [0.3, 0.4) is 0 Å². The second-order valence-corrected chi connectivity index (χ2v) is 12.4. The highest BCUT2D eigenvalue weighted by Gasteiger charge is 2.21. The van der Waals surface area contributed by atoms with Crippen LogP contribution in [0.15, 0.2) is 49.2 Å². The molecule has 0 aliphatic carbocycles. The molecule has 0 bridgehead atoms. The number of rotatable bonds is 15. The van der Waals surface area contributed by atoms with Gasteiger partial charge in [0.25, 0.3) is 23.6 Å². The summed E-state index contributed by atoms with van der Waals surface area (Å²) in [5.41, 5.74) is 1.49. The SMILES string of the molecule is Cc1c(NC(=O)c2nc(NC(=O)CCNC(=O)c3cc(NC(=O)c4nc(NC(=O)CCNC(=O)c5cccn5C)cn4C)cn3C)cn2C)c[nH]c1C(=O)O. The number of aromatic amines is 1. The van der Waals surface area contributed by atoms with Crippen LogP contribution in [0.1, 0.15) is 71.1 Å². The van der Waals surface area contributed by atoms with E-state index in [4.69, 9.17) is 0 Å². The molecule has 21 nitrogen and oxygen atoms in total. The highest BCUT2D eigenvalue weighted by Crippen LogP contribution is 2.20. The number of carbonyl (C=O) groups excluding carboxylic acids is 6. The van der Waals surface area contributed by atoms with Crippen molar-refractivity contribution in [1.82, 2.24) is 43.9 Å². The zero-order valence-electron chi connectivity index (χ0n) is 30.4. The average Bonchev–Trinajstić information content (AvgIpc) is 3.94. The van der Waals surface area contributed by atoms with Crippen LogP contribution in [-0.4, -0.2) is 92.8 Å². The van der Waals surface area contributed by atoms with E-state index in [9.17, 15) is 38.7 Å². The third-order valence-electron chi connectivity index (χ3n) is 8.24. The van der Waals surface area contributed by atoms with Gasteiger partial charge in [-0.05, 0) is 25.1 Å². The molecule has 0 saturated carbocycles. The summed E-state index contributed by atoms with van der Waals surface area (Å²) in [6, 6.07) is 4.84. The normalized spacial score (nSPS) is 10.8. The minimum absolute atomic E-state index is 0.0149. The number of amides is 6. The lowest BCUT2D eigenvalue weighted by Gasteiger charge is -2.06. The number of anilines is 4. The lowest BCUT2D eigenvalue weighted by Crippen LogP contribution is -2.29. The molecule has 6 amide bonds. The number of aromatic carboxylic acids is 1. The summed E-state index contributed by atoms with van der Waals surface area (Å²) in [6.45, 7) is 1.59. The van der Waals surface area contributed by atoms with Gasteiger partial charge in [0.15, 0.2) is 11.6 Å². The van der Waals surface area contributed by atoms with E-state index in [1.807, 2.05) is 0 Å². The Morgan fingerprint density at radius 1 is 0.691 bits per heavy atom. The lowest BCUT2D eigenvalue weighted by molar-refractivity contribution is -0.116. The Bertz CT molecular complexity index is 2300. The van der Waals surface area contributed by atoms with E-state index >= 15 is 0 Å². The van der Waals surface area contributed by atoms with Crippen molar-refractivity contribution in [2.45, 2.75) is 19.8 Å². The summed E-state index contributed by atoms with van der Waals surface area (Å²) in [7, 11) is 6.47. The predicted octanol–water partition coefficient (Wildman–Crippen LogP) is 1.19. The molecule has 0 saturated heterocycles. The van der Waals surface area contributed by atoms with Crippen molar-refractivity contribution in [3.8, 4) is 0 Å². The fraction of sp³-hybridized carbons (Fsp3) is 0.265. The van der Waals surface area contributed by atoms with E-state index in [-0.39, 0.29) is 72.2 Å². The minimum atomic E-state index is -1.17. The molecule has 5 rings (SSSR count). The van der Waals surface area contributed by atoms with Gasteiger partial charge >= 0.3 is 5.97 Å². The van der Waals surface area contributed by atoms with Crippen LogP contribution in [0.2, 0.25) is 0 Å². The zero-order chi connectivity index (χ0) is 40.0. The first-order valence-electron chi connectivity index (χ1n) is 16.7. The Morgan fingerprint density at radius 3 is 1.75 bits per heavy atom. The van der Waals surface area contributed by atoms with Crippen molar-refractivity contribution < 1.29 is 38.7 Å². The average molecular weight is 758 g/mol. The molecule has 5 aromatic rings. The maximum atomic E-state index is 13.0. The zero-order valence-corrected chi connectivity index (χ0v) is 30.4. The van der Waals surface area contributed by atoms with Crippen molar-refractivity contribution in [2.24, 2.45) is 28.2 Å². The largest absolute Gasteiger partial charge is 0.477 e. The minimum Gasteiger partial charge on any atom is -0.477 e. The maximum absolute atomic E-state index is 13.0. The Kier molecular flexibility index (Phi) is 11.6. The van der Waals surface area contributed by atoms with Crippen LogP contribution >= 0.6 is 0 Å². The summed E-state index contributed by atoms with van der Waals surface area (Å²) in [4.78, 5) is 98.1. The first kappa shape index (κ1) is 38.8. The molecule has 55 heavy (non-hydrogen) atoms. The highest BCUT2D eigenvalue weighted by atomic mass is 16.4. The van der Waals surface area contributed by atoms with Gasteiger partial charge in [-0.3, -0.25) is 28.8 Å². The van der Waals surface area contributed by atoms with Crippen LogP contribution < -0.4 is 31.9 Å². The molecule has 0 unspecified atom stereocenters. The number of imidazole rings is 2. The van der Waals surface area contributed by atoms with Crippen molar-refractivity contribution in [1.29, 1.82) is 0 Å². The van der Waals surface area contributed by atoms with Gasteiger partial charge in [-0.2, -0.15) is 0 Å². The summed E-state index contributed by atoms with van der Waals surface area (Å²) in [5.74, 6) is -3.95. The number of H-pyrrole nitrogens is 1. The molecular formula is C34H39N13O8. The van der Waals surface area contributed by atoms with E-state index in [1.165, 1.54) is 44.6 Å². The number of carboxylic acid groups (broad SMARTS) is 1. The van der Waals surface area contributed by atoms with Crippen molar-refractivity contribution in [3.63, 3.8) is 0 Å². The lowest BCUT2D eigenvalue weighted by atomic mass is 10.2. The van der Waals surface area contributed by atoms with E-state index in [1.54, 1.807) is 58.0 Å². The number of nitrogens with one attached hydrogen (secondary N) is 7. The van der Waals surface area contributed by atoms with Gasteiger partial charge in [-0.15, -0.1) is 0 Å². The molecule has 0 fully saturated rings. The Labute approximate surface area is 312 Å². The van der Waals surface area contributed by atoms with Crippen LogP contribution in [0.4, 0.5) is 23.0 Å². The number of carboxylic acids is 1. The standard InChI is InChI=1S/C34H39N13O8/c1-18-20(14-37-27(18)34(54)55)39-33(53)29-43-24(17-47(29)5)41-26(49)9-11-36-31(51)22-13-19(15-45(22)3)38-32(52)28-42-23(16-46(28)4)40-25(48)8-10-35-30(50)21-7-6-12-44(21)2/h6-7,12-17,37H,8-11H2,1-5H3,(H,35,50)(H,36,51)(H,38,52)(H,39,53)(H,40,48)(H,41,49)(H,54,55). The van der Waals surface area contributed by atoms with Crippen molar-refractivity contribution >= 4 is 64.4 Å². The predicted molar refractivity (Wildman–Crippen MR) is 197 cm³/mol. The van der Waals surface area contributed by atoms with Crippen LogP contribution in [0.25, 0.3) is 0 Å². The molecule has 288 valence electrons. The molecule has 5 heterocycles. The molecule has 0 radical (unpaired) electrons. The van der Waals surface area contributed by atoms with Gasteiger partial charge in [0.05, 0.1) is 11.4 Å². The van der Waals surface area contributed by atoms with Gasteiger partial charge in [0.1, 0.15) is 17.1 Å². The van der Waals surface area contributed by atoms with Gasteiger partial charge < -0.3 is 60.3 Å². The fourth-order valence-corrected chi connectivity index (χ4v) is 5.41. The second-order valence-electron chi connectivity index (χ2n) is 12.4. The summed E-state index contributed by atoms with van der Waals surface area (Å²) in [6.07, 6.45) is 7.35. The van der Waals surface area contributed by atoms with Crippen molar-refractivity contribution in [2.75, 3.05) is 34.4 Å². The molecule has 21 heteroatoms. The topological polar surface area (TPSA) is 273 Å². The number of aryl methyl sites for hydroxylation is 4. The Balaban J connectivity index is 1.06. The first-order chi connectivity index (χ1) is 26.1. The number of hydrogen-bond donors (Lipinski definition) is 8. The van der Waals surface area contributed by atoms with Crippen LogP contribution in [0.5, 0.6) is 0 Å². The van der Waals surface area contributed by atoms with Gasteiger partial charge in [0, 0.05) is 90.7 Å². The Hall–Kier alpha value is -7.45. The second kappa shape index (κ2) is 16.5. The number of hydrogen-bond acceptors (Lipinski definition) is 9. The number of nitrogens with zero attached hydrogens (tertiary/aromatic N) is 6. The summed E-state index contributed by atoms with van der Waals surface area (Å²) < 4.78 is 5.97. The monoisotopic (exact) mass is 757 g/mol. The molecule has 0 aromatic carbocycles. The molecule has 0 aliphatic rings. The van der Waals surface area contributed by atoms with Gasteiger partial charge in [0.2, 0.25) is 23.5 Å². The quantitative estimate of drug-likeness (QED) is 0.0756. The van der Waals surface area contributed by atoms with Crippen LogP contribution in [-0.2, 0) is 37.8 Å². The molecule has 0 aliphatic heterocycles. The first-order valence-corrected chi connectivity index (χ1v) is 16.7. The Morgan fingerprint density at radius 2 is 1.24 bits per heavy atom. The third-order valence-corrected chi connectivity index (χ3v) is 8.24. The van der Waals surface area contributed by atoms with E-state index < -0.39 is 35.5 Å². The number of carbonyl (C=O) groups is 7. The maximum Gasteiger partial charge on any atom is 0.352 e. The highest BCUT2D eigenvalue weighted by molar-refractivity contribution is 6.05.